The molecule has 4 rings (SSSR count). The molecule has 2 N–H and O–H groups in total. The van der Waals surface area contributed by atoms with Crippen molar-refractivity contribution in [3.8, 4) is 11.3 Å². The normalized spacial score (nSPS) is 14.0. The zero-order chi connectivity index (χ0) is 29.2. The Bertz CT molecular complexity index is 1470. The number of aromatic nitrogens is 3. The quantitative estimate of drug-likeness (QED) is 0.193. The lowest BCUT2D eigenvalue weighted by molar-refractivity contribution is -0.138. The number of aliphatic hydroxyl groups excluding tert-OH is 1. The van der Waals surface area contributed by atoms with Crippen molar-refractivity contribution >= 4 is 22.4 Å². The minimum absolute atomic E-state index is 0.128. The number of ether oxygens (including phenoxy) is 1. The molecule has 0 aliphatic heterocycles. The number of benzene rings is 2. The van der Waals surface area contributed by atoms with Gasteiger partial charge in [-0.1, -0.05) is 6.07 Å². The number of rotatable bonds is 8. The van der Waals surface area contributed by atoms with Crippen LogP contribution in [0.3, 0.4) is 0 Å². The molecule has 0 fully saturated rings. The van der Waals surface area contributed by atoms with Crippen molar-refractivity contribution in [1.82, 2.24) is 19.9 Å². The molecule has 2 heterocycles. The lowest BCUT2D eigenvalue weighted by Crippen LogP contribution is -2.39. The van der Waals surface area contributed by atoms with Gasteiger partial charge in [0.25, 0.3) is 0 Å². The van der Waals surface area contributed by atoms with Crippen molar-refractivity contribution in [3.05, 3.63) is 77.7 Å². The fraction of sp³-hybridized carbons (Fsp3) is 0.296. The monoisotopic (exact) mass is 565 g/mol. The number of pyridine rings is 1. The van der Waals surface area contributed by atoms with Crippen molar-refractivity contribution in [2.75, 3.05) is 19.4 Å². The third kappa shape index (κ3) is 6.66. The Hall–Kier alpha value is -3.81. The van der Waals surface area contributed by atoms with E-state index >= 15 is 0 Å². The molecular formula is C27H25F6N5O2. The highest BCUT2D eigenvalue weighted by molar-refractivity contribution is 5.93. The topological polar surface area (TPSA) is 83.4 Å². The lowest BCUT2D eigenvalue weighted by Gasteiger charge is -2.26. The van der Waals surface area contributed by atoms with Gasteiger partial charge < -0.3 is 15.2 Å². The molecule has 13 heteroatoms. The van der Waals surface area contributed by atoms with Crippen LogP contribution in [0.1, 0.15) is 23.9 Å². The van der Waals surface area contributed by atoms with Gasteiger partial charge in [0.05, 0.1) is 28.4 Å². The highest BCUT2D eigenvalue weighted by Gasteiger charge is 2.34. The Morgan fingerprint density at radius 2 is 1.65 bits per heavy atom. The van der Waals surface area contributed by atoms with Crippen LogP contribution in [0.25, 0.3) is 22.2 Å². The van der Waals surface area contributed by atoms with E-state index in [4.69, 9.17) is 4.74 Å². The Morgan fingerprint density at radius 1 is 0.950 bits per heavy atom. The summed E-state index contributed by atoms with van der Waals surface area (Å²) in [5.41, 5.74) is -1.33. The van der Waals surface area contributed by atoms with Crippen LogP contribution in [-0.4, -0.2) is 51.4 Å². The predicted molar refractivity (Wildman–Crippen MR) is 136 cm³/mol. The van der Waals surface area contributed by atoms with E-state index in [1.165, 1.54) is 42.6 Å². The molecule has 212 valence electrons. The number of nitrogens with zero attached hydrogens (tertiary/aromatic N) is 4. The van der Waals surface area contributed by atoms with Gasteiger partial charge in [-0.05, 0) is 69.6 Å². The number of anilines is 2. The van der Waals surface area contributed by atoms with Crippen molar-refractivity contribution in [2.24, 2.45) is 0 Å². The van der Waals surface area contributed by atoms with E-state index in [2.05, 4.69) is 20.3 Å². The zero-order valence-corrected chi connectivity index (χ0v) is 21.5. The van der Waals surface area contributed by atoms with E-state index in [1.807, 2.05) is 0 Å². The molecular weight excluding hydrogens is 540 g/mol. The summed E-state index contributed by atoms with van der Waals surface area (Å²) in [5, 5.41) is 13.4. The molecule has 0 radical (unpaired) electrons. The van der Waals surface area contributed by atoms with Gasteiger partial charge >= 0.3 is 12.4 Å². The molecule has 7 nitrogen and oxygen atoms in total. The number of fused-ring (bicyclic) bond motifs is 1. The number of hydrogen-bond acceptors (Lipinski definition) is 7. The highest BCUT2D eigenvalue weighted by Crippen LogP contribution is 2.37. The predicted octanol–water partition coefficient (Wildman–Crippen LogP) is 6.26. The van der Waals surface area contributed by atoms with E-state index in [1.54, 1.807) is 25.9 Å². The average Bonchev–Trinajstić information content (AvgIpc) is 2.87. The molecule has 0 saturated carbocycles. The Labute approximate surface area is 225 Å². The molecule has 0 saturated heterocycles. The van der Waals surface area contributed by atoms with Crippen LogP contribution in [-0.2, 0) is 23.7 Å². The smallest absolute Gasteiger partial charge is 0.389 e. The number of aliphatic hydroxyl groups is 1. The van der Waals surface area contributed by atoms with Crippen molar-refractivity contribution in [2.45, 2.75) is 38.2 Å². The number of halogens is 6. The van der Waals surface area contributed by atoms with Crippen LogP contribution in [0.2, 0.25) is 0 Å². The van der Waals surface area contributed by atoms with E-state index in [9.17, 15) is 31.4 Å². The molecule has 2 aromatic heterocycles. The molecule has 0 aliphatic carbocycles. The maximum Gasteiger partial charge on any atom is 0.418 e. The molecule has 0 aliphatic rings. The fourth-order valence-electron chi connectivity index (χ4n) is 4.11. The van der Waals surface area contributed by atoms with Gasteiger partial charge in [0.1, 0.15) is 18.7 Å². The van der Waals surface area contributed by atoms with Gasteiger partial charge in [0.2, 0.25) is 0 Å². The van der Waals surface area contributed by atoms with Gasteiger partial charge in [-0.3, -0.25) is 9.88 Å². The first kappa shape index (κ1) is 29.2. The first-order chi connectivity index (χ1) is 18.7. The second-order valence-electron chi connectivity index (χ2n) is 9.22. The van der Waals surface area contributed by atoms with Crippen LogP contribution >= 0.6 is 0 Å². The molecule has 0 spiro atoms. The Balaban J connectivity index is 1.78. The summed E-state index contributed by atoms with van der Waals surface area (Å²) in [5.74, 6) is 0.328. The van der Waals surface area contributed by atoms with Gasteiger partial charge in [-0.15, -0.1) is 0 Å². The number of alkyl halides is 6. The standard InChI is InChI=1S/C27H25F6N5O2/c1-15(39)25(38(2)3)40-14-22-36-21-13-16(23-20(27(31,32)33)5-4-12-34-23)6-11-19(21)24(37-22)35-18-9-7-17(8-10-18)26(28,29)30/h4-13,15,25,39H,14H2,1-3H3,(H,35,36,37). The molecule has 2 unspecified atom stereocenters. The van der Waals surface area contributed by atoms with Crippen LogP contribution in [0, 0.1) is 0 Å². The van der Waals surface area contributed by atoms with E-state index in [0.717, 1.165) is 18.2 Å². The largest absolute Gasteiger partial charge is 0.418 e. The van der Waals surface area contributed by atoms with Gasteiger partial charge in [-0.25, -0.2) is 9.97 Å². The maximum atomic E-state index is 13.6. The molecule has 0 amide bonds. The summed E-state index contributed by atoms with van der Waals surface area (Å²) < 4.78 is 85.7. The van der Waals surface area contributed by atoms with Crippen molar-refractivity contribution in [3.63, 3.8) is 0 Å². The highest BCUT2D eigenvalue weighted by atomic mass is 19.4. The molecule has 40 heavy (non-hydrogen) atoms. The molecule has 2 atom stereocenters. The van der Waals surface area contributed by atoms with E-state index in [-0.39, 0.29) is 35.0 Å². The number of likely N-dealkylation sites (N-methyl/N-ethyl adjacent to an activating group) is 1. The summed E-state index contributed by atoms with van der Waals surface area (Å²) >= 11 is 0. The van der Waals surface area contributed by atoms with Gasteiger partial charge in [0.15, 0.2) is 5.82 Å². The van der Waals surface area contributed by atoms with Crippen LogP contribution in [0.5, 0.6) is 0 Å². The second-order valence-corrected chi connectivity index (χ2v) is 9.22. The van der Waals surface area contributed by atoms with E-state index in [0.29, 0.717) is 11.1 Å². The van der Waals surface area contributed by atoms with Gasteiger partial charge in [-0.2, -0.15) is 26.3 Å². The minimum Gasteiger partial charge on any atom is -0.389 e. The lowest BCUT2D eigenvalue weighted by atomic mass is 10.0. The molecule has 0 bridgehead atoms. The summed E-state index contributed by atoms with van der Waals surface area (Å²) in [6.45, 7) is 1.37. The number of nitrogens with one attached hydrogen (secondary N) is 1. The zero-order valence-electron chi connectivity index (χ0n) is 21.5. The summed E-state index contributed by atoms with van der Waals surface area (Å²) in [6, 6.07) is 10.8. The molecule has 4 aromatic rings. The molecule has 2 aromatic carbocycles. The van der Waals surface area contributed by atoms with Crippen molar-refractivity contribution < 1.29 is 36.2 Å². The third-order valence-electron chi connectivity index (χ3n) is 5.91. The Kier molecular flexibility index (Phi) is 8.28. The fourth-order valence-corrected chi connectivity index (χ4v) is 4.11. The second kappa shape index (κ2) is 11.4. The average molecular weight is 566 g/mol. The van der Waals surface area contributed by atoms with Crippen LogP contribution in [0.4, 0.5) is 37.8 Å². The minimum atomic E-state index is -4.64. The first-order valence-electron chi connectivity index (χ1n) is 12.0. The summed E-state index contributed by atoms with van der Waals surface area (Å²) in [6.07, 6.45) is -9.46. The Morgan fingerprint density at radius 3 is 2.25 bits per heavy atom. The van der Waals surface area contributed by atoms with Crippen molar-refractivity contribution in [1.29, 1.82) is 0 Å². The summed E-state index contributed by atoms with van der Waals surface area (Å²) in [7, 11) is 3.40. The van der Waals surface area contributed by atoms with E-state index < -0.39 is 35.8 Å². The third-order valence-corrected chi connectivity index (χ3v) is 5.91. The summed E-state index contributed by atoms with van der Waals surface area (Å²) in [4.78, 5) is 14.5. The van der Waals surface area contributed by atoms with Crippen LogP contribution in [0.15, 0.2) is 60.8 Å². The first-order valence-corrected chi connectivity index (χ1v) is 12.0. The maximum absolute atomic E-state index is 13.6. The number of hydrogen-bond donors (Lipinski definition) is 2. The SMILES string of the molecule is CC(O)C(OCc1nc(Nc2ccc(C(F)(F)F)cc2)c2ccc(-c3ncccc3C(F)(F)F)cc2n1)N(C)C. The van der Waals surface area contributed by atoms with Gasteiger partial charge in [0, 0.05) is 22.8 Å². The van der Waals surface area contributed by atoms with Crippen LogP contribution < -0.4 is 5.32 Å².